The molecule has 0 aliphatic carbocycles. The van der Waals surface area contributed by atoms with Gasteiger partial charge < -0.3 is 14.6 Å². The number of hydrogen-bond donors (Lipinski definition) is 1. The maximum atomic E-state index is 13.2. The first-order chi connectivity index (χ1) is 15.6. The van der Waals surface area contributed by atoms with Crippen molar-refractivity contribution in [2.24, 2.45) is 0 Å². The Morgan fingerprint density at radius 2 is 1.69 bits per heavy atom. The number of rotatable bonds is 6. The summed E-state index contributed by atoms with van der Waals surface area (Å²) < 4.78 is 6.70. The number of carbonyl (C=O) groups excluding carboxylic acids is 2. The van der Waals surface area contributed by atoms with Gasteiger partial charge in [0, 0.05) is 17.8 Å². The minimum absolute atomic E-state index is 0.159. The number of ether oxygens (including phenoxy) is 1. The van der Waals surface area contributed by atoms with Crippen LogP contribution in [0.15, 0.2) is 85.1 Å². The molecule has 1 atom stereocenters. The van der Waals surface area contributed by atoms with E-state index in [9.17, 15) is 9.59 Å². The SMILES string of the molecule is COC(=O)c1ccc([C@H](C)NC(=O)c2cccc3ccn(/C=C/c4ccccc4)c23)cc1. The van der Waals surface area contributed by atoms with Gasteiger partial charge >= 0.3 is 5.97 Å². The lowest BCUT2D eigenvalue weighted by molar-refractivity contribution is 0.0600. The van der Waals surface area contributed by atoms with E-state index in [4.69, 9.17) is 4.74 Å². The Balaban J connectivity index is 1.57. The lowest BCUT2D eigenvalue weighted by Crippen LogP contribution is -2.27. The summed E-state index contributed by atoms with van der Waals surface area (Å²) in [6.45, 7) is 1.92. The van der Waals surface area contributed by atoms with Crippen molar-refractivity contribution in [2.45, 2.75) is 13.0 Å². The maximum Gasteiger partial charge on any atom is 0.337 e. The quantitative estimate of drug-likeness (QED) is 0.413. The highest BCUT2D eigenvalue weighted by Gasteiger charge is 2.16. The number of nitrogens with zero attached hydrogens (tertiary/aromatic N) is 1. The third-order valence-corrected chi connectivity index (χ3v) is 5.39. The van der Waals surface area contributed by atoms with E-state index in [1.54, 1.807) is 12.1 Å². The summed E-state index contributed by atoms with van der Waals surface area (Å²) >= 11 is 0. The molecule has 0 fully saturated rings. The van der Waals surface area contributed by atoms with Gasteiger partial charge in [-0.2, -0.15) is 0 Å². The van der Waals surface area contributed by atoms with E-state index >= 15 is 0 Å². The second-order valence-electron chi connectivity index (χ2n) is 7.50. The van der Waals surface area contributed by atoms with Crippen LogP contribution in [0.5, 0.6) is 0 Å². The van der Waals surface area contributed by atoms with E-state index in [0.29, 0.717) is 11.1 Å². The van der Waals surface area contributed by atoms with Crippen LogP contribution in [-0.4, -0.2) is 23.6 Å². The molecule has 0 saturated carbocycles. The predicted molar refractivity (Wildman–Crippen MR) is 127 cm³/mol. The van der Waals surface area contributed by atoms with Gasteiger partial charge in [-0.1, -0.05) is 54.6 Å². The molecule has 3 aromatic carbocycles. The van der Waals surface area contributed by atoms with Crippen LogP contribution < -0.4 is 5.32 Å². The van der Waals surface area contributed by atoms with Crippen LogP contribution >= 0.6 is 0 Å². The average Bonchev–Trinajstić information content (AvgIpc) is 3.26. The van der Waals surface area contributed by atoms with Gasteiger partial charge in [-0.15, -0.1) is 0 Å². The van der Waals surface area contributed by atoms with Crippen molar-refractivity contribution in [1.29, 1.82) is 0 Å². The van der Waals surface area contributed by atoms with Crippen LogP contribution in [0.1, 0.15) is 44.8 Å². The minimum atomic E-state index is -0.385. The molecule has 160 valence electrons. The molecule has 0 spiro atoms. The molecule has 1 heterocycles. The molecule has 4 rings (SSSR count). The number of hydrogen-bond acceptors (Lipinski definition) is 3. The fourth-order valence-corrected chi connectivity index (χ4v) is 3.64. The summed E-state index contributed by atoms with van der Waals surface area (Å²) in [4.78, 5) is 24.8. The van der Waals surface area contributed by atoms with E-state index in [2.05, 4.69) is 5.32 Å². The summed E-state index contributed by atoms with van der Waals surface area (Å²) in [6, 6.07) is 24.5. The third-order valence-electron chi connectivity index (χ3n) is 5.39. The van der Waals surface area contributed by atoms with Crippen molar-refractivity contribution < 1.29 is 14.3 Å². The fraction of sp³-hybridized carbons (Fsp3) is 0.111. The fourth-order valence-electron chi connectivity index (χ4n) is 3.64. The molecule has 1 amide bonds. The number of para-hydroxylation sites is 1. The summed E-state index contributed by atoms with van der Waals surface area (Å²) in [5.41, 5.74) is 3.91. The zero-order valence-corrected chi connectivity index (χ0v) is 18.0. The van der Waals surface area contributed by atoms with Gasteiger partial charge in [0.05, 0.1) is 29.8 Å². The number of fused-ring (bicyclic) bond motifs is 1. The standard InChI is InChI=1S/C27H24N2O3/c1-19(21-11-13-23(14-12-21)27(31)32-2)28-26(30)24-10-6-9-22-16-18-29(25(22)24)17-15-20-7-4-3-5-8-20/h3-19H,1-2H3,(H,28,30)/b17-15+/t19-/m0/s1. The monoisotopic (exact) mass is 424 g/mol. The molecule has 32 heavy (non-hydrogen) atoms. The van der Waals surface area contributed by atoms with Gasteiger partial charge in [-0.25, -0.2) is 4.79 Å². The largest absolute Gasteiger partial charge is 0.465 e. The van der Waals surface area contributed by atoms with E-state index in [1.165, 1.54) is 7.11 Å². The highest BCUT2D eigenvalue weighted by Crippen LogP contribution is 2.23. The maximum absolute atomic E-state index is 13.2. The topological polar surface area (TPSA) is 60.3 Å². The molecule has 5 heteroatoms. The van der Waals surface area contributed by atoms with E-state index in [1.807, 2.05) is 96.7 Å². The number of amides is 1. The lowest BCUT2D eigenvalue weighted by Gasteiger charge is -2.16. The van der Waals surface area contributed by atoms with Crippen LogP contribution in [0.2, 0.25) is 0 Å². The summed E-state index contributed by atoms with van der Waals surface area (Å²) in [7, 11) is 1.35. The first-order valence-electron chi connectivity index (χ1n) is 10.4. The third kappa shape index (κ3) is 4.47. The first kappa shape index (κ1) is 21.1. The van der Waals surface area contributed by atoms with E-state index in [0.717, 1.165) is 22.0 Å². The molecule has 1 aromatic heterocycles. The summed E-state index contributed by atoms with van der Waals surface area (Å²) in [5.74, 6) is -0.544. The highest BCUT2D eigenvalue weighted by molar-refractivity contribution is 6.06. The minimum Gasteiger partial charge on any atom is -0.465 e. The molecule has 0 unspecified atom stereocenters. The van der Waals surface area contributed by atoms with E-state index < -0.39 is 0 Å². The number of esters is 1. The number of carbonyl (C=O) groups is 2. The van der Waals surface area contributed by atoms with Gasteiger partial charge in [0.1, 0.15) is 0 Å². The van der Waals surface area contributed by atoms with E-state index in [-0.39, 0.29) is 17.9 Å². The molecule has 5 nitrogen and oxygen atoms in total. The molecule has 1 N–H and O–H groups in total. The Morgan fingerprint density at radius 1 is 0.938 bits per heavy atom. The number of nitrogens with one attached hydrogen (secondary N) is 1. The van der Waals surface area contributed by atoms with Gasteiger partial charge in [0.15, 0.2) is 0 Å². The molecule has 4 aromatic rings. The molecule has 0 saturated heterocycles. The zero-order valence-electron chi connectivity index (χ0n) is 18.0. The van der Waals surface area contributed by atoms with Crippen LogP contribution in [0.3, 0.4) is 0 Å². The Hall–Kier alpha value is -4.12. The van der Waals surface area contributed by atoms with Crippen molar-refractivity contribution in [3.63, 3.8) is 0 Å². The number of methoxy groups -OCH3 is 1. The van der Waals surface area contributed by atoms with Crippen molar-refractivity contribution in [3.8, 4) is 0 Å². The number of benzene rings is 3. The first-order valence-corrected chi connectivity index (χ1v) is 10.4. The van der Waals surface area contributed by atoms with Crippen molar-refractivity contribution in [2.75, 3.05) is 7.11 Å². The molecule has 0 aliphatic rings. The summed E-state index contributed by atoms with van der Waals surface area (Å²) in [6.07, 6.45) is 5.93. The predicted octanol–water partition coefficient (Wildman–Crippen LogP) is 5.55. The van der Waals surface area contributed by atoms with Crippen LogP contribution in [-0.2, 0) is 4.74 Å². The van der Waals surface area contributed by atoms with Gasteiger partial charge in [-0.3, -0.25) is 4.79 Å². The van der Waals surface area contributed by atoms with Gasteiger partial charge in [0.2, 0.25) is 0 Å². The molecular formula is C27H24N2O3. The molecule has 0 bridgehead atoms. The lowest BCUT2D eigenvalue weighted by atomic mass is 10.0. The Morgan fingerprint density at radius 3 is 2.41 bits per heavy atom. The molecular weight excluding hydrogens is 400 g/mol. The van der Waals surface area contributed by atoms with Crippen LogP contribution in [0, 0.1) is 0 Å². The smallest absolute Gasteiger partial charge is 0.337 e. The normalized spacial score (nSPS) is 12.1. The highest BCUT2D eigenvalue weighted by atomic mass is 16.5. The second-order valence-corrected chi connectivity index (χ2v) is 7.50. The van der Waals surface area contributed by atoms with Crippen molar-refractivity contribution >= 4 is 35.1 Å². The van der Waals surface area contributed by atoms with Crippen LogP contribution in [0.25, 0.3) is 23.2 Å². The van der Waals surface area contributed by atoms with Gasteiger partial charge in [0.25, 0.3) is 5.91 Å². The Labute approximate surface area is 186 Å². The van der Waals surface area contributed by atoms with Crippen molar-refractivity contribution in [1.82, 2.24) is 9.88 Å². The summed E-state index contributed by atoms with van der Waals surface area (Å²) in [5, 5.41) is 4.06. The van der Waals surface area contributed by atoms with Gasteiger partial charge in [-0.05, 0) is 48.4 Å². The zero-order chi connectivity index (χ0) is 22.5. The average molecular weight is 425 g/mol. The van der Waals surface area contributed by atoms with Crippen molar-refractivity contribution in [3.05, 3.63) is 107 Å². The number of aromatic nitrogens is 1. The Bertz CT molecular complexity index is 1270. The van der Waals surface area contributed by atoms with Crippen LogP contribution in [0.4, 0.5) is 0 Å². The Kier molecular flexibility index (Phi) is 6.17. The molecule has 0 radical (unpaired) electrons. The second kappa shape index (κ2) is 9.35. The molecule has 0 aliphatic heterocycles.